The van der Waals surface area contributed by atoms with Crippen molar-refractivity contribution in [3.05, 3.63) is 6.20 Å². The van der Waals surface area contributed by atoms with Gasteiger partial charge in [-0.2, -0.15) is 13.2 Å². The number of halogens is 4. The number of nitrogen functional groups attached to an aromatic ring is 1. The Bertz CT molecular complexity index is 245. The third kappa shape index (κ3) is 3.42. The highest BCUT2D eigenvalue weighted by Crippen LogP contribution is 2.16. The van der Waals surface area contributed by atoms with Gasteiger partial charge in [-0.25, -0.2) is 4.68 Å². The number of nitrogens with zero attached hydrogens (tertiary/aromatic N) is 3. The van der Waals surface area contributed by atoms with Crippen LogP contribution >= 0.6 is 12.4 Å². The third-order valence-corrected chi connectivity index (χ3v) is 0.898. The lowest BCUT2D eigenvalue weighted by molar-refractivity contribution is -0.142. The molecular weight excluding hydrogens is 197 g/mol. The fourth-order valence-electron chi connectivity index (χ4n) is 0.574. The normalized spacial score (nSPS) is 10.9. The van der Waals surface area contributed by atoms with Gasteiger partial charge in [0.15, 0.2) is 5.82 Å². The molecule has 4 nitrogen and oxygen atoms in total. The molecule has 2 N–H and O–H groups in total. The number of hydrogen-bond acceptors (Lipinski definition) is 3. The summed E-state index contributed by atoms with van der Waals surface area (Å²) < 4.78 is 35.5. The van der Waals surface area contributed by atoms with E-state index in [-0.39, 0.29) is 18.2 Å². The van der Waals surface area contributed by atoms with E-state index in [4.69, 9.17) is 5.73 Å². The first-order chi connectivity index (χ1) is 4.97. The zero-order chi connectivity index (χ0) is 8.48. The summed E-state index contributed by atoms with van der Waals surface area (Å²) in [6, 6.07) is 0. The summed E-state index contributed by atoms with van der Waals surface area (Å²) in [5.74, 6) is -0.0192. The molecule has 0 fully saturated rings. The first-order valence-corrected chi connectivity index (χ1v) is 2.70. The smallest absolute Gasteiger partial charge is 0.381 e. The molecule has 0 bridgehead atoms. The zero-order valence-electron chi connectivity index (χ0n) is 5.75. The van der Waals surface area contributed by atoms with Gasteiger partial charge in [-0.15, -0.1) is 17.5 Å². The predicted molar refractivity (Wildman–Crippen MR) is 37.7 cm³/mol. The minimum Gasteiger partial charge on any atom is -0.381 e. The molecule has 0 unspecified atom stereocenters. The number of nitrogens with two attached hydrogens (primary N) is 1. The number of alkyl halides is 3. The molecule has 1 heterocycles. The Labute approximate surface area is 71.9 Å². The van der Waals surface area contributed by atoms with Gasteiger partial charge >= 0.3 is 6.18 Å². The summed E-state index contributed by atoms with van der Waals surface area (Å²) in [6.07, 6.45) is -3.26. The molecule has 0 atom stereocenters. The van der Waals surface area contributed by atoms with Crippen LogP contribution in [0.2, 0.25) is 0 Å². The lowest BCUT2D eigenvalue weighted by atomic mass is 10.6. The zero-order valence-corrected chi connectivity index (χ0v) is 6.56. The topological polar surface area (TPSA) is 56.7 Å². The summed E-state index contributed by atoms with van der Waals surface area (Å²) in [6.45, 7) is -1.16. The van der Waals surface area contributed by atoms with Gasteiger partial charge in [-0.3, -0.25) is 0 Å². The average Bonchev–Trinajstić information content (AvgIpc) is 2.10. The monoisotopic (exact) mass is 202 g/mol. The molecule has 0 aromatic carbocycles. The minimum atomic E-state index is -4.28. The molecule has 8 heteroatoms. The van der Waals surface area contributed by atoms with Crippen molar-refractivity contribution < 1.29 is 13.2 Å². The molecule has 0 aliphatic heterocycles. The van der Waals surface area contributed by atoms with E-state index in [9.17, 15) is 13.2 Å². The lowest BCUT2D eigenvalue weighted by Gasteiger charge is -2.03. The van der Waals surface area contributed by atoms with Crippen LogP contribution in [-0.2, 0) is 6.54 Å². The SMILES string of the molecule is Cl.Nc1cn(CC(F)(F)F)nn1. The van der Waals surface area contributed by atoms with Gasteiger partial charge in [0.05, 0.1) is 6.20 Å². The summed E-state index contributed by atoms with van der Waals surface area (Å²) >= 11 is 0. The second-order valence-corrected chi connectivity index (χ2v) is 1.96. The highest BCUT2D eigenvalue weighted by Gasteiger charge is 2.28. The van der Waals surface area contributed by atoms with Crippen molar-refractivity contribution in [3.8, 4) is 0 Å². The average molecular weight is 203 g/mol. The highest BCUT2D eigenvalue weighted by atomic mass is 35.5. The fourth-order valence-corrected chi connectivity index (χ4v) is 0.574. The van der Waals surface area contributed by atoms with E-state index in [0.717, 1.165) is 6.20 Å². The van der Waals surface area contributed by atoms with Crippen LogP contribution in [0.1, 0.15) is 0 Å². The largest absolute Gasteiger partial charge is 0.408 e. The first-order valence-electron chi connectivity index (χ1n) is 2.70. The molecular formula is C4H6ClF3N4. The van der Waals surface area contributed by atoms with Crippen molar-refractivity contribution in [2.75, 3.05) is 5.73 Å². The second-order valence-electron chi connectivity index (χ2n) is 1.96. The van der Waals surface area contributed by atoms with Crippen LogP contribution in [0.4, 0.5) is 19.0 Å². The van der Waals surface area contributed by atoms with Crippen LogP contribution in [0.25, 0.3) is 0 Å². The highest BCUT2D eigenvalue weighted by molar-refractivity contribution is 5.85. The van der Waals surface area contributed by atoms with Crippen molar-refractivity contribution in [1.82, 2.24) is 15.0 Å². The quantitative estimate of drug-likeness (QED) is 0.734. The maximum Gasteiger partial charge on any atom is 0.408 e. The molecule has 0 saturated carbocycles. The van der Waals surface area contributed by atoms with E-state index in [1.165, 1.54) is 0 Å². The van der Waals surface area contributed by atoms with Gasteiger partial charge in [0, 0.05) is 0 Å². The van der Waals surface area contributed by atoms with Crippen LogP contribution in [0.15, 0.2) is 6.20 Å². The molecule has 0 radical (unpaired) electrons. The van der Waals surface area contributed by atoms with E-state index in [1.54, 1.807) is 0 Å². The predicted octanol–water partition coefficient (Wildman–Crippen LogP) is 0.844. The molecule has 0 amide bonds. The van der Waals surface area contributed by atoms with Crippen molar-refractivity contribution in [2.45, 2.75) is 12.7 Å². The third-order valence-electron chi connectivity index (χ3n) is 0.898. The number of hydrogen-bond donors (Lipinski definition) is 1. The van der Waals surface area contributed by atoms with E-state index in [0.29, 0.717) is 4.68 Å². The van der Waals surface area contributed by atoms with E-state index in [1.807, 2.05) is 0 Å². The molecule has 0 aliphatic carbocycles. The number of anilines is 1. The van der Waals surface area contributed by atoms with Gasteiger partial charge in [0.2, 0.25) is 0 Å². The number of aromatic nitrogens is 3. The maximum absolute atomic E-state index is 11.6. The van der Waals surface area contributed by atoms with Gasteiger partial charge in [0.1, 0.15) is 6.54 Å². The van der Waals surface area contributed by atoms with E-state index in [2.05, 4.69) is 10.3 Å². The summed E-state index contributed by atoms with van der Waals surface area (Å²) in [7, 11) is 0. The molecule has 12 heavy (non-hydrogen) atoms. The molecule has 1 rings (SSSR count). The van der Waals surface area contributed by atoms with E-state index >= 15 is 0 Å². The fraction of sp³-hybridized carbons (Fsp3) is 0.500. The molecule has 1 aromatic heterocycles. The van der Waals surface area contributed by atoms with Crippen molar-refractivity contribution >= 4 is 18.2 Å². The van der Waals surface area contributed by atoms with Crippen LogP contribution in [-0.4, -0.2) is 21.2 Å². The van der Waals surface area contributed by atoms with E-state index < -0.39 is 12.7 Å². The van der Waals surface area contributed by atoms with Crippen LogP contribution in [0, 0.1) is 0 Å². The van der Waals surface area contributed by atoms with Gasteiger partial charge in [-0.05, 0) is 0 Å². The van der Waals surface area contributed by atoms with Gasteiger partial charge in [0.25, 0.3) is 0 Å². The van der Waals surface area contributed by atoms with Crippen LogP contribution in [0.5, 0.6) is 0 Å². The van der Waals surface area contributed by atoms with Crippen molar-refractivity contribution in [3.63, 3.8) is 0 Å². The summed E-state index contributed by atoms with van der Waals surface area (Å²) in [5, 5.41) is 6.31. The Morgan fingerprint density at radius 3 is 2.42 bits per heavy atom. The Morgan fingerprint density at radius 2 is 2.08 bits per heavy atom. The molecule has 0 saturated heterocycles. The molecule has 70 valence electrons. The second kappa shape index (κ2) is 3.61. The summed E-state index contributed by atoms with van der Waals surface area (Å²) in [4.78, 5) is 0. The molecule has 0 spiro atoms. The minimum absolute atomic E-state index is 0. The Morgan fingerprint density at radius 1 is 1.50 bits per heavy atom. The van der Waals surface area contributed by atoms with Crippen molar-refractivity contribution in [1.29, 1.82) is 0 Å². The Hall–Kier alpha value is -0.980. The van der Waals surface area contributed by atoms with Crippen LogP contribution in [0.3, 0.4) is 0 Å². The first kappa shape index (κ1) is 11.0. The summed E-state index contributed by atoms with van der Waals surface area (Å²) in [5.41, 5.74) is 5.04. The standard InChI is InChI=1S/C4H5F3N4.ClH/c5-4(6,7)2-11-1-3(8)9-10-11;/h1H,2,8H2;1H. The number of rotatable bonds is 1. The molecule has 1 aromatic rings. The lowest BCUT2D eigenvalue weighted by Crippen LogP contribution is -2.17. The molecule has 0 aliphatic rings. The van der Waals surface area contributed by atoms with Crippen LogP contribution < -0.4 is 5.73 Å². The van der Waals surface area contributed by atoms with Gasteiger partial charge < -0.3 is 5.73 Å². The van der Waals surface area contributed by atoms with Gasteiger partial charge in [-0.1, -0.05) is 5.21 Å². The Balaban J connectivity index is 0.00000121. The van der Waals surface area contributed by atoms with Crippen molar-refractivity contribution in [2.24, 2.45) is 0 Å². The maximum atomic E-state index is 11.6. The Kier molecular flexibility index (Phi) is 3.32.